The van der Waals surface area contributed by atoms with Crippen LogP contribution in [-0.4, -0.2) is 89.5 Å². The normalized spacial score (nSPS) is 52.0. The molecule has 5 fully saturated rings. The summed E-state index contributed by atoms with van der Waals surface area (Å²) < 4.78 is 28.9. The zero-order valence-corrected chi connectivity index (χ0v) is 25.5. The SMILES string of the molecule is CO[C@@H]1[C@H](O)[C@H](O[C@@H]2C[C@@H]3CC[C@@H]4[C@H](CC[C@]5(C)[C@@H](C6=CC(=O)OC6)CC[C@@]45O)[C@@]3(C)[C@H](OC(C)=O)C2)O[C@H](C)[C@@H]1O. The third-order valence-electron chi connectivity index (χ3n) is 12.7. The first-order valence-corrected chi connectivity index (χ1v) is 15.8. The van der Waals surface area contributed by atoms with Crippen LogP contribution in [-0.2, 0) is 33.3 Å². The van der Waals surface area contributed by atoms with E-state index >= 15 is 0 Å². The molecule has 1 saturated heterocycles. The van der Waals surface area contributed by atoms with Gasteiger partial charge in [0, 0.05) is 37.4 Å². The van der Waals surface area contributed by atoms with Crippen LogP contribution >= 0.6 is 0 Å². The van der Waals surface area contributed by atoms with Gasteiger partial charge in [-0.15, -0.1) is 0 Å². The monoisotopic (exact) mass is 592 g/mol. The lowest BCUT2D eigenvalue weighted by molar-refractivity contribution is -0.318. The van der Waals surface area contributed by atoms with Crippen molar-refractivity contribution in [1.82, 2.24) is 0 Å². The van der Waals surface area contributed by atoms with E-state index in [1.165, 1.54) is 14.0 Å². The zero-order valence-electron chi connectivity index (χ0n) is 25.5. The van der Waals surface area contributed by atoms with Crippen molar-refractivity contribution >= 4 is 11.9 Å². The molecule has 0 spiro atoms. The van der Waals surface area contributed by atoms with E-state index in [2.05, 4.69) is 13.8 Å². The molecule has 2 heterocycles. The van der Waals surface area contributed by atoms with Gasteiger partial charge >= 0.3 is 11.9 Å². The molecule has 236 valence electrons. The Morgan fingerprint density at radius 3 is 2.48 bits per heavy atom. The minimum atomic E-state index is -1.16. The molecular formula is C32H48O10. The highest BCUT2D eigenvalue weighted by Gasteiger charge is 2.69. The Morgan fingerprint density at radius 1 is 1.05 bits per heavy atom. The van der Waals surface area contributed by atoms with Gasteiger partial charge in [0.15, 0.2) is 6.29 Å². The lowest BCUT2D eigenvalue weighted by atomic mass is 9.42. The van der Waals surface area contributed by atoms with Crippen molar-refractivity contribution in [3.8, 4) is 0 Å². The number of hydrogen-bond donors (Lipinski definition) is 3. The molecule has 10 nitrogen and oxygen atoms in total. The van der Waals surface area contributed by atoms with Gasteiger partial charge in [0.25, 0.3) is 0 Å². The van der Waals surface area contributed by atoms with E-state index in [1.807, 2.05) is 0 Å². The number of cyclic esters (lactones) is 1. The predicted octanol–water partition coefficient (Wildman–Crippen LogP) is 2.65. The van der Waals surface area contributed by atoms with Crippen molar-refractivity contribution in [1.29, 1.82) is 0 Å². The molecule has 4 aliphatic carbocycles. The lowest BCUT2D eigenvalue weighted by Gasteiger charge is -2.65. The Labute approximate surface area is 248 Å². The number of ether oxygens (including phenoxy) is 5. The highest BCUT2D eigenvalue weighted by Crippen LogP contribution is 2.70. The van der Waals surface area contributed by atoms with Crippen LogP contribution in [0.3, 0.4) is 0 Å². The fourth-order valence-corrected chi connectivity index (χ4v) is 10.5. The van der Waals surface area contributed by atoms with Crippen LogP contribution in [0.1, 0.15) is 79.1 Å². The number of hydrogen-bond acceptors (Lipinski definition) is 10. The second-order valence-corrected chi connectivity index (χ2v) is 14.4. The fourth-order valence-electron chi connectivity index (χ4n) is 10.5. The van der Waals surface area contributed by atoms with E-state index in [1.54, 1.807) is 13.0 Å². The van der Waals surface area contributed by atoms with Gasteiger partial charge in [-0.05, 0) is 81.1 Å². The van der Waals surface area contributed by atoms with Gasteiger partial charge in [0.2, 0.25) is 0 Å². The molecule has 0 unspecified atom stereocenters. The fraction of sp³-hybridized carbons (Fsp3) is 0.875. The number of aliphatic hydroxyl groups is 3. The summed E-state index contributed by atoms with van der Waals surface area (Å²) in [5.41, 5.74) is -0.555. The summed E-state index contributed by atoms with van der Waals surface area (Å²) in [7, 11) is 1.45. The van der Waals surface area contributed by atoms with E-state index in [0.29, 0.717) is 19.4 Å². The van der Waals surface area contributed by atoms with Gasteiger partial charge < -0.3 is 39.0 Å². The second-order valence-electron chi connectivity index (χ2n) is 14.4. The molecule has 0 aromatic rings. The third kappa shape index (κ3) is 4.50. The van der Waals surface area contributed by atoms with Gasteiger partial charge in [-0.25, -0.2) is 4.79 Å². The largest absolute Gasteiger partial charge is 0.462 e. The molecule has 0 bridgehead atoms. The van der Waals surface area contributed by atoms with Crippen molar-refractivity contribution in [2.24, 2.45) is 34.5 Å². The van der Waals surface area contributed by atoms with Crippen molar-refractivity contribution in [2.75, 3.05) is 13.7 Å². The summed E-state index contributed by atoms with van der Waals surface area (Å²) >= 11 is 0. The second kappa shape index (κ2) is 10.8. The van der Waals surface area contributed by atoms with E-state index in [9.17, 15) is 24.9 Å². The molecule has 42 heavy (non-hydrogen) atoms. The molecule has 10 heteroatoms. The summed E-state index contributed by atoms with van der Waals surface area (Å²) in [4.78, 5) is 24.3. The van der Waals surface area contributed by atoms with Gasteiger partial charge in [0.05, 0.1) is 17.8 Å². The van der Waals surface area contributed by atoms with Crippen LogP contribution in [0.25, 0.3) is 0 Å². The average Bonchev–Trinajstić information content (AvgIpc) is 3.47. The standard InChI is InChI=1S/C32H48O10/c1-16-26(35)28(38-5)27(36)29(40-16)42-20-13-19-6-7-23-22(31(19,4)24(14-20)41-17(2)33)8-10-30(3)21(9-11-32(23,30)37)18-12-25(34)39-15-18/h12,16,19-24,26-29,35-37H,6-11,13-15H2,1-5H3/t16-,19+,20-,21-,22+,23-,24-,26+,27+,28+,29+,30-,31+,32-/m1/s1. The summed E-state index contributed by atoms with van der Waals surface area (Å²) in [6.07, 6.45) is 2.58. The molecule has 3 N–H and O–H groups in total. The molecule has 14 atom stereocenters. The van der Waals surface area contributed by atoms with Crippen molar-refractivity contribution < 1.29 is 48.6 Å². The number of aliphatic hydroxyl groups excluding tert-OH is 2. The topological polar surface area (TPSA) is 141 Å². The Morgan fingerprint density at radius 2 is 1.81 bits per heavy atom. The molecule has 0 amide bonds. The quantitative estimate of drug-likeness (QED) is 0.322. The van der Waals surface area contributed by atoms with Crippen LogP contribution in [0, 0.1) is 34.5 Å². The maximum atomic E-state index is 12.6. The van der Waals surface area contributed by atoms with Crippen LogP contribution in [0.2, 0.25) is 0 Å². The summed E-state index contributed by atoms with van der Waals surface area (Å²) in [6, 6.07) is 0. The maximum absolute atomic E-state index is 12.6. The van der Waals surface area contributed by atoms with Gasteiger partial charge in [-0.2, -0.15) is 0 Å². The lowest BCUT2D eigenvalue weighted by Crippen LogP contribution is -2.66. The smallest absolute Gasteiger partial charge is 0.331 e. The number of fused-ring (bicyclic) bond motifs is 5. The first kappa shape index (κ1) is 30.5. The van der Waals surface area contributed by atoms with Crippen molar-refractivity contribution in [2.45, 2.75) is 128 Å². The number of esters is 2. The zero-order chi connectivity index (χ0) is 30.2. The number of carbonyl (C=O) groups excluding carboxylic acids is 2. The molecule has 6 aliphatic rings. The third-order valence-corrected chi connectivity index (χ3v) is 12.7. The first-order valence-electron chi connectivity index (χ1n) is 15.8. The molecule has 2 aliphatic heterocycles. The van der Waals surface area contributed by atoms with E-state index in [4.69, 9.17) is 23.7 Å². The number of rotatable bonds is 5. The van der Waals surface area contributed by atoms with E-state index in [-0.39, 0.29) is 52.5 Å². The van der Waals surface area contributed by atoms with Crippen LogP contribution in [0.4, 0.5) is 0 Å². The van der Waals surface area contributed by atoms with Gasteiger partial charge in [-0.1, -0.05) is 13.8 Å². The predicted molar refractivity (Wildman–Crippen MR) is 149 cm³/mol. The van der Waals surface area contributed by atoms with Crippen LogP contribution < -0.4 is 0 Å². The van der Waals surface area contributed by atoms with Crippen molar-refractivity contribution in [3.63, 3.8) is 0 Å². The van der Waals surface area contributed by atoms with E-state index in [0.717, 1.165) is 44.1 Å². The minimum Gasteiger partial charge on any atom is -0.462 e. The molecular weight excluding hydrogens is 544 g/mol. The van der Waals surface area contributed by atoms with Gasteiger partial charge in [-0.3, -0.25) is 4.79 Å². The molecule has 4 saturated carbocycles. The average molecular weight is 593 g/mol. The highest BCUT2D eigenvalue weighted by atomic mass is 16.7. The van der Waals surface area contributed by atoms with Crippen LogP contribution in [0.5, 0.6) is 0 Å². The molecule has 6 rings (SSSR count). The van der Waals surface area contributed by atoms with Crippen LogP contribution in [0.15, 0.2) is 11.6 Å². The number of methoxy groups -OCH3 is 1. The molecule has 0 radical (unpaired) electrons. The summed E-state index contributed by atoms with van der Waals surface area (Å²) in [6.45, 7) is 7.93. The van der Waals surface area contributed by atoms with Gasteiger partial charge in [0.1, 0.15) is 31.0 Å². The Balaban J connectivity index is 1.24. The Hall–Kier alpha value is -1.56. The van der Waals surface area contributed by atoms with E-state index < -0.39 is 42.4 Å². The highest BCUT2D eigenvalue weighted by molar-refractivity contribution is 5.85. The Bertz CT molecular complexity index is 1110. The number of carbonyl (C=O) groups is 2. The molecule has 0 aromatic heterocycles. The summed E-state index contributed by atoms with van der Waals surface area (Å²) in [5.74, 6) is -0.0945. The maximum Gasteiger partial charge on any atom is 0.331 e. The first-order chi connectivity index (χ1) is 19.8. The molecule has 0 aromatic carbocycles. The Kier molecular flexibility index (Phi) is 7.84. The minimum absolute atomic E-state index is 0.0601. The summed E-state index contributed by atoms with van der Waals surface area (Å²) in [5, 5.41) is 33.8. The van der Waals surface area contributed by atoms with Crippen molar-refractivity contribution in [3.05, 3.63) is 11.6 Å².